The number of nitrogen functional groups attached to an aromatic ring is 1. The van der Waals surface area contributed by atoms with E-state index in [0.29, 0.717) is 12.5 Å². The van der Waals surface area contributed by atoms with Gasteiger partial charge in [0.2, 0.25) is 11.9 Å². The zero-order valence-electron chi connectivity index (χ0n) is 7.33. The van der Waals surface area contributed by atoms with Gasteiger partial charge in [-0.15, -0.1) is 5.10 Å². The van der Waals surface area contributed by atoms with Crippen LogP contribution in [-0.2, 0) is 4.74 Å². The molecule has 0 aliphatic carbocycles. The fraction of sp³-hybridized carbons (Fsp3) is 0.667. The van der Waals surface area contributed by atoms with Crippen LogP contribution in [0.3, 0.4) is 0 Å². The minimum atomic E-state index is -2.44. The van der Waals surface area contributed by atoms with Crippen molar-refractivity contribution in [3.63, 3.8) is 0 Å². The fourth-order valence-electron chi connectivity index (χ4n) is 0.761. The quantitative estimate of drug-likeness (QED) is 0.575. The van der Waals surface area contributed by atoms with Gasteiger partial charge in [0.05, 0.1) is 6.61 Å². The number of nitrogens with one attached hydrogen (secondary N) is 2. The van der Waals surface area contributed by atoms with Gasteiger partial charge >= 0.3 is 0 Å². The molecule has 4 N–H and O–H groups in total. The minimum Gasteiger partial charge on any atom is -0.374 e. The van der Waals surface area contributed by atoms with E-state index in [1.165, 1.54) is 0 Å². The zero-order chi connectivity index (χ0) is 10.4. The number of aromatic amines is 1. The number of halogens is 2. The SMILES string of the molecule is Nc1nc(NCCOCC(F)F)n[nH]1. The molecule has 0 radical (unpaired) electrons. The molecule has 8 heteroatoms. The Morgan fingerprint density at radius 2 is 2.36 bits per heavy atom. The topological polar surface area (TPSA) is 88.8 Å². The number of anilines is 2. The van der Waals surface area contributed by atoms with E-state index in [4.69, 9.17) is 5.73 Å². The third-order valence-electron chi connectivity index (χ3n) is 1.28. The van der Waals surface area contributed by atoms with E-state index in [9.17, 15) is 8.78 Å². The molecule has 1 heterocycles. The summed E-state index contributed by atoms with van der Waals surface area (Å²) in [6, 6.07) is 0. The first-order valence-corrected chi connectivity index (χ1v) is 3.96. The first-order valence-electron chi connectivity index (χ1n) is 3.96. The number of hydrogen-bond donors (Lipinski definition) is 3. The highest BCUT2D eigenvalue weighted by molar-refractivity contribution is 5.29. The number of nitrogens with two attached hydrogens (primary N) is 1. The summed E-state index contributed by atoms with van der Waals surface area (Å²) in [5, 5.41) is 8.83. The second-order valence-corrected chi connectivity index (χ2v) is 2.44. The maximum absolute atomic E-state index is 11.6. The maximum atomic E-state index is 11.6. The van der Waals surface area contributed by atoms with Gasteiger partial charge in [0.1, 0.15) is 6.61 Å². The molecule has 0 fully saturated rings. The van der Waals surface area contributed by atoms with E-state index in [1.54, 1.807) is 0 Å². The Morgan fingerprint density at radius 3 is 2.93 bits per heavy atom. The number of alkyl halides is 2. The van der Waals surface area contributed by atoms with Crippen LogP contribution in [0.25, 0.3) is 0 Å². The van der Waals surface area contributed by atoms with Crippen LogP contribution in [0, 0.1) is 0 Å². The molecule has 80 valence electrons. The molecule has 0 saturated heterocycles. The van der Waals surface area contributed by atoms with Crippen molar-refractivity contribution >= 4 is 11.9 Å². The summed E-state index contributed by atoms with van der Waals surface area (Å²) in [4.78, 5) is 3.74. The number of ether oxygens (including phenoxy) is 1. The van der Waals surface area contributed by atoms with Crippen LogP contribution in [0.2, 0.25) is 0 Å². The third-order valence-corrected chi connectivity index (χ3v) is 1.28. The normalized spacial score (nSPS) is 10.8. The van der Waals surface area contributed by atoms with Crippen molar-refractivity contribution < 1.29 is 13.5 Å². The second-order valence-electron chi connectivity index (χ2n) is 2.44. The van der Waals surface area contributed by atoms with Gasteiger partial charge in [-0.25, -0.2) is 13.9 Å². The molecule has 1 aromatic rings. The molecular weight excluding hydrogens is 196 g/mol. The lowest BCUT2D eigenvalue weighted by molar-refractivity contribution is 0.0214. The molecule has 14 heavy (non-hydrogen) atoms. The molecule has 0 spiro atoms. The molecular formula is C6H11F2N5O. The Balaban J connectivity index is 2.04. The van der Waals surface area contributed by atoms with Crippen molar-refractivity contribution in [2.45, 2.75) is 6.43 Å². The summed E-state index contributed by atoms with van der Waals surface area (Å²) in [6.07, 6.45) is -2.44. The van der Waals surface area contributed by atoms with Gasteiger partial charge in [0, 0.05) is 6.54 Å². The molecule has 0 bridgehead atoms. The first-order chi connectivity index (χ1) is 6.68. The molecule has 0 atom stereocenters. The fourth-order valence-corrected chi connectivity index (χ4v) is 0.761. The average Bonchev–Trinajstić information content (AvgIpc) is 2.50. The van der Waals surface area contributed by atoms with Gasteiger partial charge in [-0.3, -0.25) is 0 Å². The van der Waals surface area contributed by atoms with Crippen molar-refractivity contribution in [2.75, 3.05) is 30.8 Å². The molecule has 1 rings (SSSR count). The number of aromatic nitrogens is 3. The Hall–Kier alpha value is -1.44. The molecule has 0 aliphatic rings. The predicted molar refractivity (Wildman–Crippen MR) is 46.1 cm³/mol. The molecule has 6 nitrogen and oxygen atoms in total. The van der Waals surface area contributed by atoms with Gasteiger partial charge in [-0.05, 0) is 0 Å². The van der Waals surface area contributed by atoms with Crippen LogP contribution in [0.15, 0.2) is 0 Å². The lowest BCUT2D eigenvalue weighted by Gasteiger charge is -2.03. The zero-order valence-corrected chi connectivity index (χ0v) is 7.33. The van der Waals surface area contributed by atoms with Gasteiger partial charge in [-0.1, -0.05) is 0 Å². The van der Waals surface area contributed by atoms with E-state index >= 15 is 0 Å². The Bertz CT molecular complexity index is 266. The predicted octanol–water partition coefficient (Wildman–Crippen LogP) is 0.0805. The summed E-state index contributed by atoms with van der Waals surface area (Å²) in [6.45, 7) is -0.0411. The first kappa shape index (κ1) is 10.6. The molecule has 0 unspecified atom stereocenters. The van der Waals surface area contributed by atoms with E-state index in [2.05, 4.69) is 25.2 Å². The summed E-state index contributed by atoms with van der Waals surface area (Å²) >= 11 is 0. The number of rotatable bonds is 6. The minimum absolute atomic E-state index is 0.165. The Labute approximate surface area is 78.8 Å². The lowest BCUT2D eigenvalue weighted by atomic mass is 10.6. The van der Waals surface area contributed by atoms with Crippen molar-refractivity contribution in [2.24, 2.45) is 0 Å². The number of hydrogen-bond acceptors (Lipinski definition) is 5. The van der Waals surface area contributed by atoms with E-state index < -0.39 is 13.0 Å². The van der Waals surface area contributed by atoms with Crippen LogP contribution >= 0.6 is 0 Å². The lowest BCUT2D eigenvalue weighted by Crippen LogP contribution is -2.13. The summed E-state index contributed by atoms with van der Waals surface area (Å²) < 4.78 is 27.8. The number of H-pyrrole nitrogens is 1. The van der Waals surface area contributed by atoms with Crippen molar-refractivity contribution in [3.8, 4) is 0 Å². The van der Waals surface area contributed by atoms with Gasteiger partial charge in [0.15, 0.2) is 0 Å². The number of nitrogens with zero attached hydrogens (tertiary/aromatic N) is 2. The Kier molecular flexibility index (Phi) is 4.05. The maximum Gasteiger partial charge on any atom is 0.261 e. The van der Waals surface area contributed by atoms with Crippen LogP contribution in [-0.4, -0.2) is 41.4 Å². The van der Waals surface area contributed by atoms with E-state index in [0.717, 1.165) is 0 Å². The van der Waals surface area contributed by atoms with Gasteiger partial charge in [-0.2, -0.15) is 4.98 Å². The van der Waals surface area contributed by atoms with Crippen LogP contribution < -0.4 is 11.1 Å². The third kappa shape index (κ3) is 3.99. The summed E-state index contributed by atoms with van der Waals surface area (Å²) in [7, 11) is 0. The van der Waals surface area contributed by atoms with Gasteiger partial charge in [0.25, 0.3) is 6.43 Å². The molecule has 0 amide bonds. The highest BCUT2D eigenvalue weighted by atomic mass is 19.3. The van der Waals surface area contributed by atoms with Crippen molar-refractivity contribution in [1.29, 1.82) is 0 Å². The van der Waals surface area contributed by atoms with Crippen LogP contribution in [0.4, 0.5) is 20.7 Å². The van der Waals surface area contributed by atoms with Gasteiger partial charge < -0.3 is 15.8 Å². The largest absolute Gasteiger partial charge is 0.374 e. The molecule has 1 aromatic heterocycles. The van der Waals surface area contributed by atoms with E-state index in [-0.39, 0.29) is 12.6 Å². The van der Waals surface area contributed by atoms with Crippen LogP contribution in [0.1, 0.15) is 0 Å². The summed E-state index contributed by atoms with van der Waals surface area (Å²) in [5.41, 5.74) is 5.25. The molecule has 0 aromatic carbocycles. The Morgan fingerprint density at radius 1 is 1.57 bits per heavy atom. The smallest absolute Gasteiger partial charge is 0.261 e. The summed E-state index contributed by atoms with van der Waals surface area (Å²) in [5.74, 6) is 0.518. The van der Waals surface area contributed by atoms with Crippen molar-refractivity contribution in [1.82, 2.24) is 15.2 Å². The van der Waals surface area contributed by atoms with Crippen LogP contribution in [0.5, 0.6) is 0 Å². The molecule has 0 aliphatic heterocycles. The highest BCUT2D eigenvalue weighted by Gasteiger charge is 2.01. The monoisotopic (exact) mass is 207 g/mol. The highest BCUT2D eigenvalue weighted by Crippen LogP contribution is 1.97. The van der Waals surface area contributed by atoms with Crippen molar-refractivity contribution in [3.05, 3.63) is 0 Å². The average molecular weight is 207 g/mol. The van der Waals surface area contributed by atoms with E-state index in [1.807, 2.05) is 0 Å². The molecule has 0 saturated carbocycles. The standard InChI is InChI=1S/C6H11F2N5O/c7-4(8)3-14-2-1-10-6-11-5(9)12-13-6/h4H,1-3H2,(H4,9,10,11,12,13). The second kappa shape index (κ2) is 5.32.